The number of amides is 2. The smallest absolute Gasteiger partial charge is 0.337 e. The zero-order chi connectivity index (χ0) is 15.0. The second-order valence-electron chi connectivity index (χ2n) is 4.62. The normalized spacial score (nSPS) is 10.3. The molecule has 0 saturated carbocycles. The van der Waals surface area contributed by atoms with Crippen LogP contribution < -0.4 is 10.6 Å². The Labute approximate surface area is 117 Å². The van der Waals surface area contributed by atoms with Crippen molar-refractivity contribution >= 4 is 17.7 Å². The minimum absolute atomic E-state index is 0.0167. The van der Waals surface area contributed by atoms with E-state index in [1.807, 2.05) is 13.8 Å². The van der Waals surface area contributed by atoms with E-state index in [4.69, 9.17) is 9.84 Å². The standard InChI is InChI=1S/C13H19N3O4/c1-9(2)8-20-4-3-15-13(19)16-11-5-10(12(17)18)6-14-7-11/h5-7,9H,3-4,8H2,1-2H3,(H,17,18)(H2,15,16,19). The number of rotatable bonds is 7. The SMILES string of the molecule is CC(C)COCCNC(=O)Nc1cncc(C(=O)O)c1. The van der Waals surface area contributed by atoms with E-state index in [-0.39, 0.29) is 5.56 Å². The number of aromatic carboxylic acids is 1. The van der Waals surface area contributed by atoms with Gasteiger partial charge in [0.25, 0.3) is 0 Å². The van der Waals surface area contributed by atoms with Crippen molar-refractivity contribution in [1.82, 2.24) is 10.3 Å². The van der Waals surface area contributed by atoms with Crippen LogP contribution in [0.25, 0.3) is 0 Å². The van der Waals surface area contributed by atoms with E-state index in [0.717, 1.165) is 0 Å². The molecule has 0 aromatic carbocycles. The van der Waals surface area contributed by atoms with E-state index >= 15 is 0 Å². The highest BCUT2D eigenvalue weighted by Crippen LogP contribution is 2.07. The number of nitrogens with zero attached hydrogens (tertiary/aromatic N) is 1. The summed E-state index contributed by atoms with van der Waals surface area (Å²) in [4.78, 5) is 26.0. The van der Waals surface area contributed by atoms with Crippen LogP contribution in [0.3, 0.4) is 0 Å². The molecule has 0 bridgehead atoms. The maximum absolute atomic E-state index is 11.5. The zero-order valence-corrected chi connectivity index (χ0v) is 11.5. The third kappa shape index (κ3) is 6.14. The molecule has 3 N–H and O–H groups in total. The average Bonchev–Trinajstić information content (AvgIpc) is 2.38. The van der Waals surface area contributed by atoms with Crippen molar-refractivity contribution < 1.29 is 19.4 Å². The molecule has 0 fully saturated rings. The molecule has 0 saturated heterocycles. The number of anilines is 1. The fraction of sp³-hybridized carbons (Fsp3) is 0.462. The summed E-state index contributed by atoms with van der Waals surface area (Å²) in [6.45, 7) is 5.54. The van der Waals surface area contributed by atoms with Crippen LogP contribution in [0.4, 0.5) is 10.5 Å². The van der Waals surface area contributed by atoms with Crippen LogP contribution in [0.1, 0.15) is 24.2 Å². The molecule has 0 unspecified atom stereocenters. The van der Waals surface area contributed by atoms with Gasteiger partial charge in [-0.1, -0.05) is 13.8 Å². The molecule has 110 valence electrons. The van der Waals surface area contributed by atoms with Gasteiger partial charge in [-0.15, -0.1) is 0 Å². The number of carboxylic acids is 1. The summed E-state index contributed by atoms with van der Waals surface area (Å²) >= 11 is 0. The highest BCUT2D eigenvalue weighted by molar-refractivity contribution is 5.92. The second-order valence-corrected chi connectivity index (χ2v) is 4.62. The van der Waals surface area contributed by atoms with E-state index in [9.17, 15) is 9.59 Å². The summed E-state index contributed by atoms with van der Waals surface area (Å²) in [5.41, 5.74) is 0.341. The van der Waals surface area contributed by atoms with Gasteiger partial charge in [0, 0.05) is 19.3 Å². The molecule has 0 radical (unpaired) electrons. The molecule has 20 heavy (non-hydrogen) atoms. The van der Waals surface area contributed by atoms with E-state index in [1.54, 1.807) is 0 Å². The van der Waals surface area contributed by atoms with Crippen LogP contribution in [0, 0.1) is 5.92 Å². The summed E-state index contributed by atoms with van der Waals surface area (Å²) in [5, 5.41) is 13.9. The molecule has 0 aliphatic heterocycles. The van der Waals surface area contributed by atoms with E-state index in [2.05, 4.69) is 15.6 Å². The lowest BCUT2D eigenvalue weighted by molar-refractivity contribution is 0.0696. The summed E-state index contributed by atoms with van der Waals surface area (Å²) in [6.07, 6.45) is 2.59. The Morgan fingerprint density at radius 3 is 2.80 bits per heavy atom. The number of aromatic nitrogens is 1. The van der Waals surface area contributed by atoms with Gasteiger partial charge in [-0.3, -0.25) is 4.98 Å². The molecular weight excluding hydrogens is 262 g/mol. The Hall–Kier alpha value is -2.15. The van der Waals surface area contributed by atoms with Gasteiger partial charge in [0.15, 0.2) is 0 Å². The molecule has 0 aliphatic carbocycles. The molecular formula is C13H19N3O4. The highest BCUT2D eigenvalue weighted by Gasteiger charge is 2.06. The van der Waals surface area contributed by atoms with Crippen molar-refractivity contribution in [3.8, 4) is 0 Å². The van der Waals surface area contributed by atoms with Gasteiger partial charge in [0.05, 0.1) is 24.1 Å². The van der Waals surface area contributed by atoms with Crippen LogP contribution >= 0.6 is 0 Å². The molecule has 2 amide bonds. The van der Waals surface area contributed by atoms with Crippen molar-refractivity contribution in [2.45, 2.75) is 13.8 Å². The Bertz CT molecular complexity index is 463. The van der Waals surface area contributed by atoms with Gasteiger partial charge in [-0.25, -0.2) is 9.59 Å². The van der Waals surface area contributed by atoms with Gasteiger partial charge < -0.3 is 20.5 Å². The van der Waals surface area contributed by atoms with Gasteiger partial charge in [0.1, 0.15) is 0 Å². The lowest BCUT2D eigenvalue weighted by Gasteiger charge is -2.09. The first-order valence-corrected chi connectivity index (χ1v) is 6.30. The van der Waals surface area contributed by atoms with Gasteiger partial charge in [-0.05, 0) is 12.0 Å². The summed E-state index contributed by atoms with van der Waals surface area (Å²) in [7, 11) is 0. The molecule has 1 aromatic heterocycles. The number of ether oxygens (including phenoxy) is 1. The number of hydrogen-bond donors (Lipinski definition) is 3. The maximum atomic E-state index is 11.5. The molecule has 0 spiro atoms. The first-order chi connectivity index (χ1) is 9.49. The lowest BCUT2D eigenvalue weighted by atomic mass is 10.2. The molecule has 1 heterocycles. The molecule has 7 heteroatoms. The fourth-order valence-electron chi connectivity index (χ4n) is 1.36. The lowest BCUT2D eigenvalue weighted by Crippen LogP contribution is -2.31. The number of pyridine rings is 1. The number of carbonyl (C=O) groups excluding carboxylic acids is 1. The van der Waals surface area contributed by atoms with Crippen molar-refractivity contribution in [3.05, 3.63) is 24.0 Å². The van der Waals surface area contributed by atoms with Crippen molar-refractivity contribution in [2.75, 3.05) is 25.1 Å². The Morgan fingerprint density at radius 2 is 2.15 bits per heavy atom. The minimum atomic E-state index is -1.09. The largest absolute Gasteiger partial charge is 0.478 e. The summed E-state index contributed by atoms with van der Waals surface area (Å²) in [6, 6.07) is 0.909. The number of carboxylic acid groups (broad SMARTS) is 1. The predicted octanol–water partition coefficient (Wildman–Crippen LogP) is 1.57. The molecule has 0 atom stereocenters. The quantitative estimate of drug-likeness (QED) is 0.659. The predicted molar refractivity (Wildman–Crippen MR) is 73.9 cm³/mol. The second kappa shape index (κ2) is 8.11. The van der Waals surface area contributed by atoms with Crippen LogP contribution in [-0.2, 0) is 4.74 Å². The Kier molecular flexibility index (Phi) is 6.45. The fourth-order valence-corrected chi connectivity index (χ4v) is 1.36. The van der Waals surface area contributed by atoms with E-state index < -0.39 is 12.0 Å². The third-order valence-corrected chi connectivity index (χ3v) is 2.23. The maximum Gasteiger partial charge on any atom is 0.337 e. The van der Waals surface area contributed by atoms with Crippen molar-refractivity contribution in [1.29, 1.82) is 0 Å². The van der Waals surface area contributed by atoms with Crippen LogP contribution in [0.2, 0.25) is 0 Å². The van der Waals surface area contributed by atoms with E-state index in [0.29, 0.717) is 31.4 Å². The van der Waals surface area contributed by atoms with Gasteiger partial charge in [-0.2, -0.15) is 0 Å². The minimum Gasteiger partial charge on any atom is -0.478 e. The monoisotopic (exact) mass is 281 g/mol. The molecule has 7 nitrogen and oxygen atoms in total. The van der Waals surface area contributed by atoms with Crippen LogP contribution in [-0.4, -0.2) is 41.8 Å². The topological polar surface area (TPSA) is 101 Å². The van der Waals surface area contributed by atoms with Gasteiger partial charge >= 0.3 is 12.0 Å². The number of nitrogens with one attached hydrogen (secondary N) is 2. The summed E-state index contributed by atoms with van der Waals surface area (Å²) < 4.78 is 5.31. The van der Waals surface area contributed by atoms with Crippen molar-refractivity contribution in [3.63, 3.8) is 0 Å². The van der Waals surface area contributed by atoms with Crippen molar-refractivity contribution in [2.24, 2.45) is 5.92 Å². The average molecular weight is 281 g/mol. The number of carbonyl (C=O) groups is 2. The molecule has 1 rings (SSSR count). The van der Waals surface area contributed by atoms with E-state index in [1.165, 1.54) is 18.5 Å². The number of hydrogen-bond acceptors (Lipinski definition) is 4. The highest BCUT2D eigenvalue weighted by atomic mass is 16.5. The number of urea groups is 1. The van der Waals surface area contributed by atoms with Gasteiger partial charge in [0.2, 0.25) is 0 Å². The Morgan fingerprint density at radius 1 is 1.40 bits per heavy atom. The molecule has 0 aliphatic rings. The summed E-state index contributed by atoms with van der Waals surface area (Å²) in [5.74, 6) is -0.641. The first kappa shape index (κ1) is 15.9. The molecule has 1 aromatic rings. The van der Waals surface area contributed by atoms with Crippen LogP contribution in [0.5, 0.6) is 0 Å². The first-order valence-electron chi connectivity index (χ1n) is 6.30. The Balaban J connectivity index is 2.32. The third-order valence-electron chi connectivity index (χ3n) is 2.23. The van der Waals surface area contributed by atoms with Crippen LogP contribution in [0.15, 0.2) is 18.5 Å². The zero-order valence-electron chi connectivity index (χ0n) is 11.5.